The number of nitrogens with one attached hydrogen (secondary N) is 1. The molecule has 1 aliphatic rings. The van der Waals surface area contributed by atoms with Crippen molar-refractivity contribution in [2.75, 3.05) is 26.2 Å². The topological polar surface area (TPSA) is 45.2 Å². The maximum atomic E-state index is 13.3. The molecule has 0 saturated carbocycles. The maximum absolute atomic E-state index is 13.3. The van der Waals surface area contributed by atoms with Crippen molar-refractivity contribution < 1.29 is 9.18 Å². The Bertz CT molecular complexity index is 430. The van der Waals surface area contributed by atoms with E-state index in [1.165, 1.54) is 12.3 Å². The van der Waals surface area contributed by atoms with Crippen LogP contribution in [0.5, 0.6) is 0 Å². The number of halogens is 1. The van der Waals surface area contributed by atoms with Crippen molar-refractivity contribution in [1.82, 2.24) is 15.2 Å². The van der Waals surface area contributed by atoms with E-state index < -0.39 is 5.95 Å². The highest BCUT2D eigenvalue weighted by atomic mass is 19.1. The number of likely N-dealkylation sites (tertiary alicyclic amines) is 1. The first kappa shape index (κ1) is 13.9. The standard InChI is InChI=1S/C14H20FN3O/c1-2-18-8-5-11(6-9-18)10-17-14(19)12-4-3-7-16-13(12)15/h3-4,7,11H,2,5-6,8-10H2,1H3,(H,17,19). The fraction of sp³-hybridized carbons (Fsp3) is 0.571. The molecule has 0 unspecified atom stereocenters. The van der Waals surface area contributed by atoms with Gasteiger partial charge in [0.25, 0.3) is 5.91 Å². The summed E-state index contributed by atoms with van der Waals surface area (Å²) < 4.78 is 13.3. The van der Waals surface area contributed by atoms with Gasteiger partial charge in [0.1, 0.15) is 0 Å². The van der Waals surface area contributed by atoms with Crippen molar-refractivity contribution in [2.45, 2.75) is 19.8 Å². The van der Waals surface area contributed by atoms with Gasteiger partial charge in [-0.3, -0.25) is 4.79 Å². The number of carbonyl (C=O) groups excluding carboxylic acids is 1. The van der Waals surface area contributed by atoms with Crippen LogP contribution in [0.25, 0.3) is 0 Å². The van der Waals surface area contributed by atoms with Gasteiger partial charge in [0.15, 0.2) is 0 Å². The van der Waals surface area contributed by atoms with Gasteiger partial charge in [0, 0.05) is 12.7 Å². The third-order valence-corrected chi connectivity index (χ3v) is 3.71. The average molecular weight is 265 g/mol. The molecule has 0 atom stereocenters. The zero-order valence-corrected chi connectivity index (χ0v) is 11.2. The van der Waals surface area contributed by atoms with Gasteiger partial charge in [0.05, 0.1) is 5.56 Å². The second-order valence-corrected chi connectivity index (χ2v) is 4.93. The van der Waals surface area contributed by atoms with Crippen molar-refractivity contribution in [3.8, 4) is 0 Å². The van der Waals surface area contributed by atoms with Crippen LogP contribution in [-0.4, -0.2) is 42.0 Å². The molecule has 1 aromatic heterocycles. The predicted molar refractivity (Wildman–Crippen MR) is 71.4 cm³/mol. The molecular weight excluding hydrogens is 245 g/mol. The first-order valence-electron chi connectivity index (χ1n) is 6.81. The normalized spacial score (nSPS) is 17.4. The minimum absolute atomic E-state index is 0.0218. The highest BCUT2D eigenvalue weighted by molar-refractivity contribution is 5.94. The van der Waals surface area contributed by atoms with Crippen molar-refractivity contribution in [2.24, 2.45) is 5.92 Å². The molecule has 0 bridgehead atoms. The molecular formula is C14H20FN3O. The molecule has 1 aliphatic heterocycles. The van der Waals surface area contributed by atoms with Gasteiger partial charge in [0.2, 0.25) is 5.95 Å². The molecule has 2 rings (SSSR count). The number of nitrogens with zero attached hydrogens (tertiary/aromatic N) is 2. The van der Waals surface area contributed by atoms with E-state index in [1.807, 2.05) is 0 Å². The average Bonchev–Trinajstić information content (AvgIpc) is 2.46. The van der Waals surface area contributed by atoms with Gasteiger partial charge in [-0.25, -0.2) is 4.98 Å². The molecule has 2 heterocycles. The zero-order valence-electron chi connectivity index (χ0n) is 11.2. The number of pyridine rings is 1. The Morgan fingerprint density at radius 2 is 2.26 bits per heavy atom. The van der Waals surface area contributed by atoms with Gasteiger partial charge in [-0.1, -0.05) is 6.92 Å². The molecule has 5 heteroatoms. The molecule has 0 aliphatic carbocycles. The lowest BCUT2D eigenvalue weighted by Gasteiger charge is -2.31. The number of rotatable bonds is 4. The quantitative estimate of drug-likeness (QED) is 0.843. The third-order valence-electron chi connectivity index (χ3n) is 3.71. The zero-order chi connectivity index (χ0) is 13.7. The molecule has 0 radical (unpaired) electrons. The SMILES string of the molecule is CCN1CCC(CNC(=O)c2cccnc2F)CC1. The number of aromatic nitrogens is 1. The van der Waals surface area contributed by atoms with Gasteiger partial charge in [-0.05, 0) is 50.5 Å². The Kier molecular flexibility index (Phi) is 4.85. The molecule has 1 saturated heterocycles. The minimum atomic E-state index is -0.708. The minimum Gasteiger partial charge on any atom is -0.352 e. The van der Waals surface area contributed by atoms with Gasteiger partial charge < -0.3 is 10.2 Å². The van der Waals surface area contributed by atoms with Crippen LogP contribution in [0.2, 0.25) is 0 Å². The lowest BCUT2D eigenvalue weighted by molar-refractivity contribution is 0.0932. The first-order chi connectivity index (χ1) is 9.20. The predicted octanol–water partition coefficient (Wildman–Crippen LogP) is 1.68. The fourth-order valence-corrected chi connectivity index (χ4v) is 2.39. The van der Waals surface area contributed by atoms with Crippen LogP contribution in [0.4, 0.5) is 4.39 Å². The smallest absolute Gasteiger partial charge is 0.255 e. The molecule has 1 amide bonds. The van der Waals surface area contributed by atoms with E-state index in [9.17, 15) is 9.18 Å². The Labute approximate surface area is 113 Å². The van der Waals surface area contributed by atoms with Crippen LogP contribution in [0, 0.1) is 11.9 Å². The number of hydrogen-bond acceptors (Lipinski definition) is 3. The number of amides is 1. The lowest BCUT2D eigenvalue weighted by Crippen LogP contribution is -2.38. The van der Waals surface area contributed by atoms with E-state index in [0.717, 1.165) is 32.5 Å². The summed E-state index contributed by atoms with van der Waals surface area (Å²) in [6.07, 6.45) is 3.51. The molecule has 4 nitrogen and oxygen atoms in total. The summed E-state index contributed by atoms with van der Waals surface area (Å²) in [4.78, 5) is 17.7. The first-order valence-corrected chi connectivity index (χ1v) is 6.81. The van der Waals surface area contributed by atoms with Gasteiger partial charge in [-0.15, -0.1) is 0 Å². The molecule has 1 N–H and O–H groups in total. The summed E-state index contributed by atoms with van der Waals surface area (Å²) >= 11 is 0. The number of carbonyl (C=O) groups is 1. The van der Waals surface area contributed by atoms with Crippen molar-refractivity contribution in [3.05, 3.63) is 29.8 Å². The fourth-order valence-electron chi connectivity index (χ4n) is 2.39. The van der Waals surface area contributed by atoms with Crippen molar-refractivity contribution in [3.63, 3.8) is 0 Å². The summed E-state index contributed by atoms with van der Waals surface area (Å²) in [6, 6.07) is 3.02. The lowest BCUT2D eigenvalue weighted by atomic mass is 9.97. The van der Waals surface area contributed by atoms with E-state index in [1.54, 1.807) is 6.07 Å². The highest BCUT2D eigenvalue weighted by Gasteiger charge is 2.19. The van der Waals surface area contributed by atoms with E-state index in [2.05, 4.69) is 22.1 Å². The van der Waals surface area contributed by atoms with Crippen molar-refractivity contribution >= 4 is 5.91 Å². The maximum Gasteiger partial charge on any atom is 0.255 e. The third kappa shape index (κ3) is 3.73. The summed E-state index contributed by atoms with van der Waals surface area (Å²) in [5.41, 5.74) is 0.0218. The molecule has 1 fully saturated rings. The van der Waals surface area contributed by atoms with Crippen molar-refractivity contribution in [1.29, 1.82) is 0 Å². The monoisotopic (exact) mass is 265 g/mol. The second-order valence-electron chi connectivity index (χ2n) is 4.93. The summed E-state index contributed by atoms with van der Waals surface area (Å²) in [6.45, 7) is 6.02. The Hall–Kier alpha value is -1.49. The second kappa shape index (κ2) is 6.61. The van der Waals surface area contributed by atoms with Gasteiger partial charge in [-0.2, -0.15) is 4.39 Å². The number of piperidine rings is 1. The van der Waals surface area contributed by atoms with Crippen LogP contribution < -0.4 is 5.32 Å². The largest absolute Gasteiger partial charge is 0.352 e. The van der Waals surface area contributed by atoms with Crippen LogP contribution in [-0.2, 0) is 0 Å². The van der Waals surface area contributed by atoms with Gasteiger partial charge >= 0.3 is 0 Å². The van der Waals surface area contributed by atoms with E-state index >= 15 is 0 Å². The van der Waals surface area contributed by atoms with Crippen LogP contribution in [0.15, 0.2) is 18.3 Å². The van der Waals surface area contributed by atoms with E-state index in [-0.39, 0.29) is 11.5 Å². The summed E-state index contributed by atoms with van der Waals surface area (Å²) in [5, 5.41) is 2.80. The Balaban J connectivity index is 1.80. The highest BCUT2D eigenvalue weighted by Crippen LogP contribution is 2.16. The van der Waals surface area contributed by atoms with Crippen LogP contribution >= 0.6 is 0 Å². The molecule has 0 aromatic carbocycles. The summed E-state index contributed by atoms with van der Waals surface area (Å²) in [5.74, 6) is -0.587. The molecule has 104 valence electrons. The van der Waals surface area contributed by atoms with E-state index in [0.29, 0.717) is 12.5 Å². The molecule has 19 heavy (non-hydrogen) atoms. The van der Waals surface area contributed by atoms with Crippen LogP contribution in [0.1, 0.15) is 30.1 Å². The molecule has 0 spiro atoms. The Morgan fingerprint density at radius 3 is 2.89 bits per heavy atom. The van der Waals surface area contributed by atoms with E-state index in [4.69, 9.17) is 0 Å². The molecule has 1 aromatic rings. The summed E-state index contributed by atoms with van der Waals surface area (Å²) in [7, 11) is 0. The number of hydrogen-bond donors (Lipinski definition) is 1. The Morgan fingerprint density at radius 1 is 1.53 bits per heavy atom. The van der Waals surface area contributed by atoms with Crippen LogP contribution in [0.3, 0.4) is 0 Å².